The van der Waals surface area contributed by atoms with Crippen LogP contribution < -0.4 is 10.9 Å². The van der Waals surface area contributed by atoms with Gasteiger partial charge in [0.25, 0.3) is 11.8 Å². The molecule has 2 aromatic carbocycles. The van der Waals surface area contributed by atoms with Crippen molar-refractivity contribution in [3.63, 3.8) is 0 Å². The van der Waals surface area contributed by atoms with Crippen molar-refractivity contribution in [2.45, 2.75) is 0 Å². The van der Waals surface area contributed by atoms with Gasteiger partial charge in [-0.1, -0.05) is 18.2 Å². The fourth-order valence-corrected chi connectivity index (χ4v) is 2.43. The number of nitrogens with one attached hydrogen (secondary N) is 2. The van der Waals surface area contributed by atoms with E-state index in [2.05, 4.69) is 42.3 Å². The number of carbonyl (C=O) groups is 2. The molecular formula is C15H11BrN6O2. The van der Waals surface area contributed by atoms with Gasteiger partial charge < -0.3 is 0 Å². The van der Waals surface area contributed by atoms with Gasteiger partial charge in [0.05, 0.1) is 11.3 Å². The molecule has 8 nitrogen and oxygen atoms in total. The van der Waals surface area contributed by atoms with Crippen molar-refractivity contribution >= 4 is 27.7 Å². The van der Waals surface area contributed by atoms with Gasteiger partial charge in [-0.15, -0.1) is 5.10 Å². The highest BCUT2D eigenvalue weighted by Crippen LogP contribution is 2.15. The van der Waals surface area contributed by atoms with Crippen LogP contribution in [0.1, 0.15) is 20.7 Å². The molecule has 2 N–H and O–H groups in total. The van der Waals surface area contributed by atoms with Gasteiger partial charge in [0, 0.05) is 10.0 Å². The highest BCUT2D eigenvalue weighted by molar-refractivity contribution is 9.10. The maximum absolute atomic E-state index is 12.2. The second kappa shape index (κ2) is 7.01. The lowest BCUT2D eigenvalue weighted by Gasteiger charge is -2.09. The number of amides is 2. The van der Waals surface area contributed by atoms with Crippen LogP contribution in [0.15, 0.2) is 59.3 Å². The van der Waals surface area contributed by atoms with Gasteiger partial charge in [-0.25, -0.2) is 4.68 Å². The van der Waals surface area contributed by atoms with E-state index in [0.29, 0.717) is 21.3 Å². The summed E-state index contributed by atoms with van der Waals surface area (Å²) in [5.41, 5.74) is 6.16. The van der Waals surface area contributed by atoms with Crippen molar-refractivity contribution < 1.29 is 9.59 Å². The highest BCUT2D eigenvalue weighted by atomic mass is 79.9. The van der Waals surface area contributed by atoms with Gasteiger partial charge in [0.1, 0.15) is 6.33 Å². The Hall–Kier alpha value is -3.07. The number of tetrazole rings is 1. The summed E-state index contributed by atoms with van der Waals surface area (Å²) in [6.45, 7) is 0. The Bertz CT molecular complexity index is 881. The number of nitrogens with zero attached hydrogens (tertiary/aromatic N) is 4. The minimum Gasteiger partial charge on any atom is -0.267 e. The third kappa shape index (κ3) is 3.46. The summed E-state index contributed by atoms with van der Waals surface area (Å²) in [6.07, 6.45) is 1.42. The molecule has 0 unspecified atom stereocenters. The second-order valence-corrected chi connectivity index (χ2v) is 5.55. The molecule has 0 fully saturated rings. The van der Waals surface area contributed by atoms with Gasteiger partial charge >= 0.3 is 0 Å². The van der Waals surface area contributed by atoms with E-state index in [9.17, 15) is 9.59 Å². The molecule has 1 heterocycles. The van der Waals surface area contributed by atoms with Crippen LogP contribution in [0.4, 0.5) is 0 Å². The summed E-state index contributed by atoms with van der Waals surface area (Å²) < 4.78 is 2.06. The Morgan fingerprint density at radius 1 is 1.00 bits per heavy atom. The first-order chi connectivity index (χ1) is 11.6. The Kier molecular flexibility index (Phi) is 4.62. The summed E-state index contributed by atoms with van der Waals surface area (Å²) in [5.74, 6) is -0.877. The molecule has 3 rings (SSSR count). The molecule has 0 aliphatic heterocycles. The molecule has 0 aliphatic rings. The highest BCUT2D eigenvalue weighted by Gasteiger charge is 2.12. The number of benzene rings is 2. The molecule has 0 aliphatic carbocycles. The zero-order valence-electron chi connectivity index (χ0n) is 12.2. The van der Waals surface area contributed by atoms with E-state index in [1.165, 1.54) is 11.0 Å². The van der Waals surface area contributed by atoms with E-state index in [4.69, 9.17) is 0 Å². The first kappa shape index (κ1) is 15.8. The van der Waals surface area contributed by atoms with E-state index < -0.39 is 11.8 Å². The lowest BCUT2D eigenvalue weighted by molar-refractivity contribution is 0.0846. The molecule has 0 saturated heterocycles. The van der Waals surface area contributed by atoms with E-state index >= 15 is 0 Å². The molecule has 0 radical (unpaired) electrons. The zero-order chi connectivity index (χ0) is 16.9. The van der Waals surface area contributed by atoms with Crippen molar-refractivity contribution in [3.8, 4) is 5.69 Å². The number of aromatic nitrogens is 4. The van der Waals surface area contributed by atoms with Crippen molar-refractivity contribution in [1.82, 2.24) is 31.1 Å². The zero-order valence-corrected chi connectivity index (χ0v) is 13.8. The fourth-order valence-electron chi connectivity index (χ4n) is 1.97. The molecule has 3 aromatic rings. The third-order valence-corrected chi connectivity index (χ3v) is 3.82. The van der Waals surface area contributed by atoms with Gasteiger partial charge in [-0.3, -0.25) is 20.4 Å². The van der Waals surface area contributed by atoms with E-state index in [1.807, 2.05) is 0 Å². The Labute approximate surface area is 145 Å². The monoisotopic (exact) mass is 386 g/mol. The van der Waals surface area contributed by atoms with E-state index in [1.54, 1.807) is 48.5 Å². The first-order valence-corrected chi connectivity index (χ1v) is 7.63. The summed E-state index contributed by atoms with van der Waals surface area (Å²) in [6, 6.07) is 13.6. The van der Waals surface area contributed by atoms with Crippen LogP contribution in [0.2, 0.25) is 0 Å². The number of hydrogen-bond donors (Lipinski definition) is 2. The number of rotatable bonds is 3. The standard InChI is InChI=1S/C15H11BrN6O2/c16-13-7-2-1-6-12(13)15(24)19-18-14(23)10-4-3-5-11(8-10)22-9-17-20-21-22/h1-9H,(H,18,23)(H,19,24). The predicted molar refractivity (Wildman–Crippen MR) is 88.2 cm³/mol. The predicted octanol–water partition coefficient (Wildman–Crippen LogP) is 1.50. The van der Waals surface area contributed by atoms with Crippen LogP contribution in [0, 0.1) is 0 Å². The molecule has 1 aromatic heterocycles. The average Bonchev–Trinajstić information content (AvgIpc) is 3.14. The molecule has 24 heavy (non-hydrogen) atoms. The molecule has 0 spiro atoms. The third-order valence-electron chi connectivity index (χ3n) is 3.13. The van der Waals surface area contributed by atoms with Gasteiger partial charge in [0.15, 0.2) is 0 Å². The maximum Gasteiger partial charge on any atom is 0.270 e. The second-order valence-electron chi connectivity index (χ2n) is 4.69. The lowest BCUT2D eigenvalue weighted by atomic mass is 10.2. The lowest BCUT2D eigenvalue weighted by Crippen LogP contribution is -2.41. The Morgan fingerprint density at radius 3 is 2.54 bits per heavy atom. The minimum atomic E-state index is -0.453. The molecule has 120 valence electrons. The Morgan fingerprint density at radius 2 is 1.79 bits per heavy atom. The summed E-state index contributed by atoms with van der Waals surface area (Å²) in [7, 11) is 0. The van der Waals surface area contributed by atoms with Crippen molar-refractivity contribution in [2.75, 3.05) is 0 Å². The quantitative estimate of drug-likeness (QED) is 0.664. The van der Waals surface area contributed by atoms with Crippen LogP contribution in [0.5, 0.6) is 0 Å². The molecule has 0 saturated carbocycles. The van der Waals surface area contributed by atoms with E-state index in [0.717, 1.165) is 0 Å². The van der Waals surface area contributed by atoms with Crippen molar-refractivity contribution in [3.05, 3.63) is 70.5 Å². The van der Waals surface area contributed by atoms with Gasteiger partial charge in [0.2, 0.25) is 0 Å². The van der Waals surface area contributed by atoms with Crippen LogP contribution in [-0.4, -0.2) is 32.0 Å². The molecular weight excluding hydrogens is 376 g/mol. The summed E-state index contributed by atoms with van der Waals surface area (Å²) in [4.78, 5) is 24.3. The number of carbonyl (C=O) groups excluding carboxylic acids is 2. The van der Waals surface area contributed by atoms with Crippen LogP contribution in [0.3, 0.4) is 0 Å². The maximum atomic E-state index is 12.2. The Balaban J connectivity index is 1.68. The number of halogens is 1. The summed E-state index contributed by atoms with van der Waals surface area (Å²) in [5, 5.41) is 10.8. The molecule has 0 atom stereocenters. The summed E-state index contributed by atoms with van der Waals surface area (Å²) >= 11 is 3.29. The van der Waals surface area contributed by atoms with Crippen LogP contribution in [0.25, 0.3) is 5.69 Å². The molecule has 2 amide bonds. The van der Waals surface area contributed by atoms with Crippen LogP contribution in [-0.2, 0) is 0 Å². The number of hydrogen-bond acceptors (Lipinski definition) is 5. The largest absolute Gasteiger partial charge is 0.270 e. The van der Waals surface area contributed by atoms with Crippen molar-refractivity contribution in [1.29, 1.82) is 0 Å². The topological polar surface area (TPSA) is 102 Å². The fraction of sp³-hybridized carbons (Fsp3) is 0. The normalized spacial score (nSPS) is 10.2. The number of hydrazine groups is 1. The molecule has 0 bridgehead atoms. The first-order valence-electron chi connectivity index (χ1n) is 6.84. The van der Waals surface area contributed by atoms with E-state index in [-0.39, 0.29) is 0 Å². The average molecular weight is 387 g/mol. The SMILES string of the molecule is O=C(NNC(=O)c1ccccc1Br)c1cccc(-n2cnnn2)c1. The van der Waals surface area contributed by atoms with Gasteiger partial charge in [-0.2, -0.15) is 0 Å². The van der Waals surface area contributed by atoms with Crippen LogP contribution >= 0.6 is 15.9 Å². The smallest absolute Gasteiger partial charge is 0.267 e. The molecule has 9 heteroatoms. The van der Waals surface area contributed by atoms with Crippen molar-refractivity contribution in [2.24, 2.45) is 0 Å². The van der Waals surface area contributed by atoms with Gasteiger partial charge in [-0.05, 0) is 56.7 Å². The minimum absolute atomic E-state index is 0.357.